The molecule has 0 aliphatic carbocycles. The molecule has 25 heavy (non-hydrogen) atoms. The van der Waals surface area contributed by atoms with E-state index in [0.717, 1.165) is 6.07 Å². The topological polar surface area (TPSA) is 123 Å². The number of hydrazone groups is 1. The molecule has 0 fully saturated rings. The molecule has 1 amide bonds. The van der Waals surface area contributed by atoms with Crippen molar-refractivity contribution in [2.24, 2.45) is 5.10 Å². The highest BCUT2D eigenvalue weighted by atomic mass is 16.6. The van der Waals surface area contributed by atoms with E-state index in [0.29, 0.717) is 5.75 Å². The number of amides is 1. The lowest BCUT2D eigenvalue weighted by Crippen LogP contribution is -2.18. The molecule has 130 valence electrons. The molecule has 9 heteroatoms. The van der Waals surface area contributed by atoms with Gasteiger partial charge in [0.15, 0.2) is 5.75 Å². The van der Waals surface area contributed by atoms with Gasteiger partial charge in [-0.15, -0.1) is 0 Å². The van der Waals surface area contributed by atoms with Crippen molar-refractivity contribution in [1.82, 2.24) is 5.43 Å². The Balaban J connectivity index is 2.21. The Morgan fingerprint density at radius 1 is 1.24 bits per heavy atom. The van der Waals surface area contributed by atoms with Gasteiger partial charge in [0.2, 0.25) is 5.75 Å². The molecule has 0 aromatic heterocycles. The number of nitro benzene ring substituents is 1. The number of para-hydroxylation sites is 1. The molecule has 0 aliphatic rings. The predicted octanol–water partition coefficient (Wildman–Crippen LogP) is 2.08. The Kier molecular flexibility index (Phi) is 5.51. The number of phenolic OH excluding ortho intramolecular Hbond substituents is 1. The molecule has 0 aliphatic heterocycles. The molecule has 0 atom stereocenters. The molecule has 2 aromatic carbocycles. The maximum atomic E-state index is 12.1. The standard InChI is InChI=1S/C16H15N3O6/c1-24-13-6-4-3-5-11(13)16(21)18-17-9-10-7-12(19(22)23)15(20)14(8-10)25-2/h3-9,20H,1-2H3,(H,18,21)/b17-9-. The Morgan fingerprint density at radius 2 is 1.92 bits per heavy atom. The number of ether oxygens (including phenoxy) is 2. The third kappa shape index (κ3) is 4.02. The number of methoxy groups -OCH3 is 2. The quantitative estimate of drug-likeness (QED) is 0.469. The molecule has 0 saturated heterocycles. The van der Waals surface area contributed by atoms with Gasteiger partial charge in [-0.25, -0.2) is 5.43 Å². The van der Waals surface area contributed by atoms with E-state index in [-0.39, 0.29) is 16.9 Å². The van der Waals surface area contributed by atoms with E-state index in [4.69, 9.17) is 9.47 Å². The molecular formula is C16H15N3O6. The Bertz CT molecular complexity index is 835. The average molecular weight is 345 g/mol. The van der Waals surface area contributed by atoms with E-state index >= 15 is 0 Å². The number of hydrogen-bond donors (Lipinski definition) is 2. The fourth-order valence-corrected chi connectivity index (χ4v) is 2.04. The molecule has 0 saturated carbocycles. The summed E-state index contributed by atoms with van der Waals surface area (Å²) < 4.78 is 9.97. The number of aromatic hydroxyl groups is 1. The van der Waals surface area contributed by atoms with Crippen LogP contribution in [0.4, 0.5) is 5.69 Å². The second-order valence-corrected chi connectivity index (χ2v) is 4.75. The molecule has 0 spiro atoms. The first-order valence-corrected chi connectivity index (χ1v) is 6.99. The number of nitro groups is 1. The summed E-state index contributed by atoms with van der Waals surface area (Å²) in [7, 11) is 2.71. The first-order chi connectivity index (χ1) is 12.0. The Hall–Kier alpha value is -3.62. The number of carbonyl (C=O) groups is 1. The molecular weight excluding hydrogens is 330 g/mol. The van der Waals surface area contributed by atoms with Gasteiger partial charge >= 0.3 is 5.69 Å². The number of rotatable bonds is 6. The summed E-state index contributed by atoms with van der Waals surface area (Å²) in [6.07, 6.45) is 1.20. The Labute approximate surface area is 142 Å². The summed E-state index contributed by atoms with van der Waals surface area (Å²) in [4.78, 5) is 22.3. The number of benzene rings is 2. The fourth-order valence-electron chi connectivity index (χ4n) is 2.04. The van der Waals surface area contributed by atoms with Crippen LogP contribution in [0.15, 0.2) is 41.5 Å². The van der Waals surface area contributed by atoms with Crippen LogP contribution in [0.5, 0.6) is 17.2 Å². The van der Waals surface area contributed by atoms with Crippen molar-refractivity contribution in [3.05, 3.63) is 57.6 Å². The van der Waals surface area contributed by atoms with Crippen molar-refractivity contribution in [1.29, 1.82) is 0 Å². The normalized spacial score (nSPS) is 10.5. The lowest BCUT2D eigenvalue weighted by molar-refractivity contribution is -0.386. The zero-order valence-electron chi connectivity index (χ0n) is 13.4. The first-order valence-electron chi connectivity index (χ1n) is 6.99. The van der Waals surface area contributed by atoms with E-state index in [1.54, 1.807) is 24.3 Å². The molecule has 2 N–H and O–H groups in total. The second kappa shape index (κ2) is 7.77. The van der Waals surface area contributed by atoms with Crippen LogP contribution in [0.25, 0.3) is 0 Å². The van der Waals surface area contributed by atoms with E-state index in [1.165, 1.54) is 26.5 Å². The maximum absolute atomic E-state index is 12.1. The summed E-state index contributed by atoms with van der Waals surface area (Å²) in [6.45, 7) is 0. The van der Waals surface area contributed by atoms with E-state index in [1.807, 2.05) is 0 Å². The largest absolute Gasteiger partial charge is 0.500 e. The monoisotopic (exact) mass is 345 g/mol. The first kappa shape index (κ1) is 17.7. The smallest absolute Gasteiger partial charge is 0.315 e. The van der Waals surface area contributed by atoms with Gasteiger partial charge in [-0.05, 0) is 18.2 Å². The lowest BCUT2D eigenvalue weighted by Gasteiger charge is -2.06. The van der Waals surface area contributed by atoms with Crippen molar-refractivity contribution in [3.8, 4) is 17.2 Å². The summed E-state index contributed by atoms with van der Waals surface area (Å²) >= 11 is 0. The molecule has 0 unspecified atom stereocenters. The number of carbonyl (C=O) groups excluding carboxylic acids is 1. The highest BCUT2D eigenvalue weighted by Crippen LogP contribution is 2.36. The minimum atomic E-state index is -0.747. The van der Waals surface area contributed by atoms with E-state index < -0.39 is 22.3 Å². The fraction of sp³-hybridized carbons (Fsp3) is 0.125. The molecule has 0 radical (unpaired) electrons. The summed E-state index contributed by atoms with van der Waals surface area (Å²) in [5, 5.41) is 24.4. The zero-order valence-corrected chi connectivity index (χ0v) is 13.4. The second-order valence-electron chi connectivity index (χ2n) is 4.75. The van der Waals surface area contributed by atoms with Gasteiger partial charge in [0.05, 0.1) is 30.9 Å². The van der Waals surface area contributed by atoms with Gasteiger partial charge in [0.25, 0.3) is 5.91 Å². The minimum Gasteiger partial charge on any atom is -0.500 e. The van der Waals surface area contributed by atoms with Gasteiger partial charge in [0.1, 0.15) is 5.75 Å². The summed E-state index contributed by atoms with van der Waals surface area (Å²) in [5.74, 6) is -0.777. The maximum Gasteiger partial charge on any atom is 0.315 e. The van der Waals surface area contributed by atoms with Crippen LogP contribution in [-0.4, -0.2) is 36.4 Å². The van der Waals surface area contributed by atoms with Crippen molar-refractivity contribution >= 4 is 17.8 Å². The third-order valence-corrected chi connectivity index (χ3v) is 3.23. The number of phenols is 1. The predicted molar refractivity (Wildman–Crippen MR) is 89.4 cm³/mol. The lowest BCUT2D eigenvalue weighted by atomic mass is 10.2. The van der Waals surface area contributed by atoms with Crippen LogP contribution in [0.3, 0.4) is 0 Å². The van der Waals surface area contributed by atoms with Crippen LogP contribution in [-0.2, 0) is 0 Å². The van der Waals surface area contributed by atoms with Crippen molar-refractivity contribution in [3.63, 3.8) is 0 Å². The third-order valence-electron chi connectivity index (χ3n) is 3.23. The molecule has 0 heterocycles. The molecule has 2 aromatic rings. The van der Waals surface area contributed by atoms with Gasteiger partial charge in [-0.2, -0.15) is 5.10 Å². The van der Waals surface area contributed by atoms with Crippen LogP contribution < -0.4 is 14.9 Å². The molecule has 2 rings (SSSR count). The highest BCUT2D eigenvalue weighted by Gasteiger charge is 2.19. The van der Waals surface area contributed by atoms with Crippen LogP contribution >= 0.6 is 0 Å². The van der Waals surface area contributed by atoms with Crippen LogP contribution in [0, 0.1) is 10.1 Å². The number of nitrogens with zero attached hydrogens (tertiary/aromatic N) is 2. The molecule has 9 nitrogen and oxygen atoms in total. The van der Waals surface area contributed by atoms with Crippen LogP contribution in [0.2, 0.25) is 0 Å². The Morgan fingerprint density at radius 3 is 2.56 bits per heavy atom. The SMILES string of the molecule is COc1ccccc1C(=O)N/N=C\c1cc(OC)c(O)c([N+](=O)[O-])c1. The van der Waals surface area contributed by atoms with E-state index in [2.05, 4.69) is 10.5 Å². The van der Waals surface area contributed by atoms with E-state index in [9.17, 15) is 20.0 Å². The van der Waals surface area contributed by atoms with Gasteiger partial charge in [0, 0.05) is 11.6 Å². The summed E-state index contributed by atoms with van der Waals surface area (Å²) in [5.41, 5.74) is 2.32. The van der Waals surface area contributed by atoms with Crippen molar-refractivity contribution in [2.45, 2.75) is 0 Å². The van der Waals surface area contributed by atoms with Crippen molar-refractivity contribution < 1.29 is 24.3 Å². The van der Waals surface area contributed by atoms with Gasteiger partial charge in [-0.1, -0.05) is 12.1 Å². The number of nitrogens with one attached hydrogen (secondary N) is 1. The summed E-state index contributed by atoms with van der Waals surface area (Å²) in [6, 6.07) is 9.05. The minimum absolute atomic E-state index is 0.0771. The average Bonchev–Trinajstić information content (AvgIpc) is 2.62. The molecule has 0 bridgehead atoms. The highest BCUT2D eigenvalue weighted by molar-refractivity contribution is 5.97. The number of hydrogen-bond acceptors (Lipinski definition) is 7. The van der Waals surface area contributed by atoms with Gasteiger partial charge < -0.3 is 14.6 Å². The van der Waals surface area contributed by atoms with Crippen LogP contribution in [0.1, 0.15) is 15.9 Å². The van der Waals surface area contributed by atoms with Crippen molar-refractivity contribution in [2.75, 3.05) is 14.2 Å². The van der Waals surface area contributed by atoms with Gasteiger partial charge in [-0.3, -0.25) is 14.9 Å². The zero-order chi connectivity index (χ0) is 18.4.